The lowest BCUT2D eigenvalue weighted by Crippen LogP contribution is -2.50. The van der Waals surface area contributed by atoms with Crippen molar-refractivity contribution in [3.8, 4) is 5.75 Å². The molecule has 0 saturated carbocycles. The molecular weight excluding hydrogens is 611 g/mol. The van der Waals surface area contributed by atoms with Crippen molar-refractivity contribution in [1.29, 1.82) is 0 Å². The number of amides is 2. The first-order valence-electron chi connectivity index (χ1n) is 16.2. The van der Waals surface area contributed by atoms with E-state index >= 15 is 0 Å². The zero-order valence-electron chi connectivity index (χ0n) is 26.9. The molecule has 1 saturated heterocycles. The van der Waals surface area contributed by atoms with Crippen LogP contribution in [0, 0.1) is 0 Å². The first-order chi connectivity index (χ1) is 22.8. The number of rotatable bonds is 15. The second-order valence-electron chi connectivity index (χ2n) is 11.9. The molecule has 0 bridgehead atoms. The molecule has 1 aliphatic rings. The molecule has 9 heteroatoms. The third-order valence-corrected chi connectivity index (χ3v) is 10.5. The van der Waals surface area contributed by atoms with E-state index in [1.54, 1.807) is 36.3 Å². The van der Waals surface area contributed by atoms with Gasteiger partial charge in [-0.2, -0.15) is 4.31 Å². The molecule has 246 valence electrons. The lowest BCUT2D eigenvalue weighted by atomic mass is 10.0. The standard InChI is InChI=1S/C38H43N3O5S/c1-46-34-19-14-33(15-20-34)29-41(37(42)23-18-31-16-21-35(22-17-31)47(44,45)40-26-8-9-27-40)36(28-32-12-6-3-7-13-32)38(43)39-25-24-30-10-4-2-5-11-30/h2-7,10-17,19-22,36H,8-9,18,23-29H2,1H3,(H,39,43)/t36-/m0/s1. The molecule has 47 heavy (non-hydrogen) atoms. The van der Waals surface area contributed by atoms with Gasteiger partial charge in [-0.1, -0.05) is 84.9 Å². The Balaban J connectivity index is 1.35. The van der Waals surface area contributed by atoms with E-state index in [9.17, 15) is 18.0 Å². The number of sulfonamides is 1. The molecular formula is C38H43N3O5S. The van der Waals surface area contributed by atoms with Crippen LogP contribution >= 0.6 is 0 Å². The van der Waals surface area contributed by atoms with Gasteiger partial charge in [0.25, 0.3) is 0 Å². The molecule has 4 aromatic rings. The molecule has 0 aliphatic carbocycles. The maximum absolute atomic E-state index is 14.1. The van der Waals surface area contributed by atoms with E-state index in [4.69, 9.17) is 4.74 Å². The summed E-state index contributed by atoms with van der Waals surface area (Å²) in [5.41, 5.74) is 3.82. The average molecular weight is 654 g/mol. The fraction of sp³-hybridized carbons (Fsp3) is 0.316. The Hall–Kier alpha value is -4.47. The van der Waals surface area contributed by atoms with Crippen LogP contribution < -0.4 is 10.1 Å². The van der Waals surface area contributed by atoms with Crippen molar-refractivity contribution in [2.75, 3.05) is 26.7 Å². The van der Waals surface area contributed by atoms with Gasteiger partial charge in [0.1, 0.15) is 11.8 Å². The largest absolute Gasteiger partial charge is 0.497 e. The fourth-order valence-electron chi connectivity index (χ4n) is 5.87. The second-order valence-corrected chi connectivity index (χ2v) is 13.8. The maximum Gasteiger partial charge on any atom is 0.243 e. The van der Waals surface area contributed by atoms with E-state index in [1.807, 2.05) is 84.9 Å². The lowest BCUT2D eigenvalue weighted by Gasteiger charge is -2.32. The molecule has 2 amide bonds. The van der Waals surface area contributed by atoms with Crippen LogP contribution in [0.4, 0.5) is 0 Å². The average Bonchev–Trinajstić information content (AvgIpc) is 3.67. The zero-order chi connectivity index (χ0) is 33.1. The van der Waals surface area contributed by atoms with Crippen LogP contribution in [0.2, 0.25) is 0 Å². The maximum atomic E-state index is 14.1. The summed E-state index contributed by atoms with van der Waals surface area (Å²) in [7, 11) is -1.91. The monoisotopic (exact) mass is 653 g/mol. The van der Waals surface area contributed by atoms with Crippen molar-refractivity contribution in [2.45, 2.75) is 56.0 Å². The molecule has 1 heterocycles. The Morgan fingerprint density at radius 2 is 1.34 bits per heavy atom. The summed E-state index contributed by atoms with van der Waals surface area (Å²) in [4.78, 5) is 29.9. The van der Waals surface area contributed by atoms with E-state index in [0.29, 0.717) is 44.6 Å². The molecule has 1 N–H and O–H groups in total. The van der Waals surface area contributed by atoms with Gasteiger partial charge in [0.05, 0.1) is 12.0 Å². The third kappa shape index (κ3) is 9.30. The Labute approximate surface area is 278 Å². The van der Waals surface area contributed by atoms with E-state index in [2.05, 4.69) is 5.32 Å². The SMILES string of the molecule is COc1ccc(CN(C(=O)CCc2ccc(S(=O)(=O)N3CCCC3)cc2)[C@@H](Cc2ccccc2)C(=O)NCCc2ccccc2)cc1. The highest BCUT2D eigenvalue weighted by Crippen LogP contribution is 2.23. The predicted molar refractivity (Wildman–Crippen MR) is 183 cm³/mol. The van der Waals surface area contributed by atoms with Gasteiger partial charge in [-0.15, -0.1) is 0 Å². The number of methoxy groups -OCH3 is 1. The first kappa shape index (κ1) is 33.9. The number of nitrogens with one attached hydrogen (secondary N) is 1. The second kappa shape index (κ2) is 16.4. The third-order valence-electron chi connectivity index (χ3n) is 8.59. The molecule has 1 fully saturated rings. The predicted octanol–water partition coefficient (Wildman–Crippen LogP) is 5.41. The van der Waals surface area contributed by atoms with Gasteiger partial charge in [0.15, 0.2) is 0 Å². The lowest BCUT2D eigenvalue weighted by molar-refractivity contribution is -0.141. The topological polar surface area (TPSA) is 96.0 Å². The van der Waals surface area contributed by atoms with Crippen LogP contribution in [0.5, 0.6) is 5.75 Å². The Morgan fingerprint density at radius 3 is 1.96 bits per heavy atom. The fourth-order valence-corrected chi connectivity index (χ4v) is 7.39. The van der Waals surface area contributed by atoms with Crippen molar-refractivity contribution in [3.63, 3.8) is 0 Å². The van der Waals surface area contributed by atoms with Gasteiger partial charge < -0.3 is 15.0 Å². The number of benzene rings is 4. The summed E-state index contributed by atoms with van der Waals surface area (Å²) in [6.45, 7) is 1.80. The highest BCUT2D eigenvalue weighted by Gasteiger charge is 2.30. The van der Waals surface area contributed by atoms with E-state index in [-0.39, 0.29) is 29.7 Å². The van der Waals surface area contributed by atoms with Gasteiger partial charge in [-0.3, -0.25) is 9.59 Å². The molecule has 0 aromatic heterocycles. The molecule has 1 atom stereocenters. The molecule has 0 unspecified atom stereocenters. The van der Waals surface area contributed by atoms with Crippen LogP contribution in [0.3, 0.4) is 0 Å². The van der Waals surface area contributed by atoms with Gasteiger partial charge >= 0.3 is 0 Å². The van der Waals surface area contributed by atoms with Crippen LogP contribution in [0.25, 0.3) is 0 Å². The van der Waals surface area contributed by atoms with E-state index in [1.165, 1.54) is 4.31 Å². The van der Waals surface area contributed by atoms with Crippen molar-refractivity contribution in [2.24, 2.45) is 0 Å². The van der Waals surface area contributed by atoms with Crippen LogP contribution in [-0.4, -0.2) is 62.2 Å². The summed E-state index contributed by atoms with van der Waals surface area (Å²) in [6.07, 6.45) is 3.38. The van der Waals surface area contributed by atoms with E-state index < -0.39 is 16.1 Å². The Kier molecular flexibility index (Phi) is 11.8. The zero-order valence-corrected chi connectivity index (χ0v) is 27.7. The normalized spacial score (nSPS) is 14.0. The minimum absolute atomic E-state index is 0.159. The molecule has 0 spiro atoms. The van der Waals surface area contributed by atoms with E-state index in [0.717, 1.165) is 35.1 Å². The minimum Gasteiger partial charge on any atom is -0.497 e. The quantitative estimate of drug-likeness (QED) is 0.185. The summed E-state index contributed by atoms with van der Waals surface area (Å²) in [6, 6.07) is 33.3. The summed E-state index contributed by atoms with van der Waals surface area (Å²) in [5.74, 6) is 0.346. The number of carbonyl (C=O) groups is 2. The van der Waals surface area contributed by atoms with Gasteiger partial charge in [0, 0.05) is 39.0 Å². The molecule has 0 radical (unpaired) electrons. The van der Waals surface area contributed by atoms with Gasteiger partial charge in [0.2, 0.25) is 21.8 Å². The van der Waals surface area contributed by atoms with Crippen molar-refractivity contribution in [3.05, 3.63) is 131 Å². The number of hydrogen-bond acceptors (Lipinski definition) is 5. The van der Waals surface area contributed by atoms with Crippen LogP contribution in [-0.2, 0) is 45.4 Å². The Bertz CT molecular complexity index is 1690. The smallest absolute Gasteiger partial charge is 0.243 e. The minimum atomic E-state index is -3.51. The molecule has 1 aliphatic heterocycles. The number of nitrogens with zero attached hydrogens (tertiary/aromatic N) is 2. The molecule has 8 nitrogen and oxygen atoms in total. The first-order valence-corrected chi connectivity index (χ1v) is 17.6. The summed E-state index contributed by atoms with van der Waals surface area (Å²) >= 11 is 0. The number of hydrogen-bond donors (Lipinski definition) is 1. The highest BCUT2D eigenvalue weighted by molar-refractivity contribution is 7.89. The highest BCUT2D eigenvalue weighted by atomic mass is 32.2. The molecule has 5 rings (SSSR count). The summed E-state index contributed by atoms with van der Waals surface area (Å²) < 4.78 is 32.8. The Morgan fingerprint density at radius 1 is 0.766 bits per heavy atom. The molecule has 4 aromatic carbocycles. The number of aryl methyl sites for hydroxylation is 1. The van der Waals surface area contributed by atoms with Gasteiger partial charge in [-0.05, 0) is 72.2 Å². The summed E-state index contributed by atoms with van der Waals surface area (Å²) in [5, 5.41) is 3.09. The van der Waals surface area contributed by atoms with Crippen LogP contribution in [0.15, 0.2) is 114 Å². The number of ether oxygens (including phenoxy) is 1. The van der Waals surface area contributed by atoms with Crippen molar-refractivity contribution >= 4 is 21.8 Å². The number of carbonyl (C=O) groups excluding carboxylic acids is 2. The van der Waals surface area contributed by atoms with Crippen LogP contribution in [0.1, 0.15) is 41.5 Å². The van der Waals surface area contributed by atoms with Crippen molar-refractivity contribution in [1.82, 2.24) is 14.5 Å². The van der Waals surface area contributed by atoms with Crippen molar-refractivity contribution < 1.29 is 22.7 Å². The van der Waals surface area contributed by atoms with Gasteiger partial charge in [-0.25, -0.2) is 8.42 Å².